The molecule has 8 heteroatoms. The molecule has 0 unspecified atom stereocenters. The lowest BCUT2D eigenvalue weighted by atomic mass is 10.1. The summed E-state index contributed by atoms with van der Waals surface area (Å²) in [5.74, 6) is -0.419. The zero-order valence-electron chi connectivity index (χ0n) is 14.2. The van der Waals surface area contributed by atoms with Crippen molar-refractivity contribution in [2.24, 2.45) is 5.10 Å². The largest absolute Gasteiger partial charge is 0.493 e. The zero-order chi connectivity index (χ0) is 18.0. The van der Waals surface area contributed by atoms with E-state index in [-0.39, 0.29) is 5.56 Å². The monoisotopic (exact) mass is 344 g/mol. The van der Waals surface area contributed by atoms with Crippen molar-refractivity contribution in [2.45, 2.75) is 13.8 Å². The maximum atomic E-state index is 12.3. The number of rotatable bonds is 3. The van der Waals surface area contributed by atoms with Crippen molar-refractivity contribution in [1.29, 1.82) is 0 Å². The maximum Gasteiger partial charge on any atom is 0.335 e. The third kappa shape index (κ3) is 3.34. The molecule has 0 radical (unpaired) electrons. The Balaban J connectivity index is 2.14. The molecule has 2 aromatic rings. The molecule has 1 fully saturated rings. The number of aryl methyl sites for hydroxylation is 1. The fourth-order valence-corrected chi connectivity index (χ4v) is 2.80. The van der Waals surface area contributed by atoms with Crippen molar-refractivity contribution in [3.63, 3.8) is 0 Å². The quantitative estimate of drug-likeness (QED) is 0.794. The number of benzene rings is 1. The molecule has 0 amide bonds. The second-order valence-electron chi connectivity index (χ2n) is 5.83. The van der Waals surface area contributed by atoms with Crippen molar-refractivity contribution >= 4 is 5.71 Å². The standard InChI is InChI=1S/C17H20N4O4/c1-11-5-3-4-6-13(11)21-16(23)14(15(22)18-17(21)24)12(2)19-20-7-9-25-10-8-20/h3-6,23H,7-10H2,1-2H3,(H,18,22,24)/b19-12+. The van der Waals surface area contributed by atoms with Crippen LogP contribution in [0.15, 0.2) is 39.0 Å². The Kier molecular flexibility index (Phi) is 4.71. The van der Waals surface area contributed by atoms with E-state index >= 15 is 0 Å². The molecule has 1 saturated heterocycles. The van der Waals surface area contributed by atoms with Gasteiger partial charge < -0.3 is 9.84 Å². The number of hydrogen-bond donors (Lipinski definition) is 2. The Morgan fingerprint density at radius 1 is 1.24 bits per heavy atom. The topological polar surface area (TPSA) is 99.9 Å². The minimum Gasteiger partial charge on any atom is -0.493 e. The molecule has 0 bridgehead atoms. The molecule has 25 heavy (non-hydrogen) atoms. The number of morpholine rings is 1. The number of hydrogen-bond acceptors (Lipinski definition) is 6. The summed E-state index contributed by atoms with van der Waals surface area (Å²) >= 11 is 0. The van der Waals surface area contributed by atoms with Crippen LogP contribution in [0, 0.1) is 6.92 Å². The Morgan fingerprint density at radius 2 is 1.92 bits per heavy atom. The molecule has 1 aromatic carbocycles. The number of aromatic nitrogens is 2. The van der Waals surface area contributed by atoms with Gasteiger partial charge in [0.15, 0.2) is 0 Å². The summed E-state index contributed by atoms with van der Waals surface area (Å²) in [5, 5.41) is 16.8. The van der Waals surface area contributed by atoms with Crippen LogP contribution < -0.4 is 11.2 Å². The summed E-state index contributed by atoms with van der Waals surface area (Å²) in [6.45, 7) is 5.78. The molecule has 3 rings (SSSR count). The van der Waals surface area contributed by atoms with Gasteiger partial charge in [-0.05, 0) is 25.5 Å². The van der Waals surface area contributed by atoms with E-state index in [1.165, 1.54) is 0 Å². The van der Waals surface area contributed by atoms with Crippen LogP contribution in [0.5, 0.6) is 5.88 Å². The second kappa shape index (κ2) is 6.94. The molecular weight excluding hydrogens is 324 g/mol. The number of hydrazone groups is 1. The average molecular weight is 344 g/mol. The number of aromatic hydroxyl groups is 1. The molecule has 2 heterocycles. The Bertz CT molecular complexity index is 923. The third-order valence-corrected chi connectivity index (χ3v) is 4.08. The van der Waals surface area contributed by atoms with E-state index in [1.54, 1.807) is 24.1 Å². The van der Waals surface area contributed by atoms with Crippen LogP contribution in [-0.4, -0.2) is 51.7 Å². The molecule has 1 aliphatic rings. The summed E-state index contributed by atoms with van der Waals surface area (Å²) < 4.78 is 6.35. The summed E-state index contributed by atoms with van der Waals surface area (Å²) in [6, 6.07) is 7.11. The van der Waals surface area contributed by atoms with Crippen LogP contribution in [0.3, 0.4) is 0 Å². The van der Waals surface area contributed by atoms with Gasteiger partial charge in [0.25, 0.3) is 5.56 Å². The van der Waals surface area contributed by atoms with Crippen LogP contribution >= 0.6 is 0 Å². The zero-order valence-corrected chi connectivity index (χ0v) is 14.2. The normalized spacial score (nSPS) is 15.4. The predicted molar refractivity (Wildman–Crippen MR) is 93.7 cm³/mol. The van der Waals surface area contributed by atoms with Gasteiger partial charge in [0.2, 0.25) is 5.88 Å². The van der Waals surface area contributed by atoms with Gasteiger partial charge in [0.1, 0.15) is 5.56 Å². The molecule has 2 N–H and O–H groups in total. The lowest BCUT2D eigenvalue weighted by Crippen LogP contribution is -2.35. The van der Waals surface area contributed by atoms with Crippen molar-refractivity contribution in [2.75, 3.05) is 26.3 Å². The van der Waals surface area contributed by atoms with E-state index < -0.39 is 17.1 Å². The highest BCUT2D eigenvalue weighted by atomic mass is 16.5. The van der Waals surface area contributed by atoms with Gasteiger partial charge in [0, 0.05) is 0 Å². The number of nitrogens with zero attached hydrogens (tertiary/aromatic N) is 3. The average Bonchev–Trinajstić information content (AvgIpc) is 2.57. The minimum atomic E-state index is -0.695. The fourth-order valence-electron chi connectivity index (χ4n) is 2.80. The molecule has 1 aliphatic heterocycles. The van der Waals surface area contributed by atoms with E-state index in [1.807, 2.05) is 19.1 Å². The number of para-hydroxylation sites is 1. The second-order valence-corrected chi connectivity index (χ2v) is 5.83. The number of nitrogens with one attached hydrogen (secondary N) is 1. The lowest BCUT2D eigenvalue weighted by Gasteiger charge is -2.24. The Labute approximate surface area is 144 Å². The van der Waals surface area contributed by atoms with Gasteiger partial charge >= 0.3 is 5.69 Å². The highest BCUT2D eigenvalue weighted by molar-refractivity contribution is 6.00. The first-order valence-corrected chi connectivity index (χ1v) is 8.01. The third-order valence-electron chi connectivity index (χ3n) is 4.08. The molecule has 132 valence electrons. The van der Waals surface area contributed by atoms with Crippen molar-refractivity contribution in [1.82, 2.24) is 14.6 Å². The van der Waals surface area contributed by atoms with E-state index in [2.05, 4.69) is 10.1 Å². The Hall–Kier alpha value is -2.87. The van der Waals surface area contributed by atoms with Crippen LogP contribution in [0.2, 0.25) is 0 Å². The summed E-state index contributed by atoms with van der Waals surface area (Å²) in [7, 11) is 0. The highest BCUT2D eigenvalue weighted by Crippen LogP contribution is 2.20. The van der Waals surface area contributed by atoms with E-state index in [9.17, 15) is 14.7 Å². The first kappa shape index (κ1) is 17.0. The van der Waals surface area contributed by atoms with Crippen LogP contribution in [0.4, 0.5) is 0 Å². The van der Waals surface area contributed by atoms with Crippen LogP contribution in [0.1, 0.15) is 18.1 Å². The van der Waals surface area contributed by atoms with Crippen LogP contribution in [-0.2, 0) is 4.74 Å². The maximum absolute atomic E-state index is 12.3. The van der Waals surface area contributed by atoms with Crippen molar-refractivity contribution in [3.05, 3.63) is 56.2 Å². The van der Waals surface area contributed by atoms with Crippen LogP contribution in [0.25, 0.3) is 5.69 Å². The molecule has 0 spiro atoms. The summed E-state index contributed by atoms with van der Waals surface area (Å²) in [6.07, 6.45) is 0. The summed E-state index contributed by atoms with van der Waals surface area (Å²) in [4.78, 5) is 26.8. The predicted octanol–water partition coefficient (Wildman–Crippen LogP) is 0.596. The van der Waals surface area contributed by atoms with E-state index in [0.717, 1.165) is 10.1 Å². The van der Waals surface area contributed by atoms with Crippen molar-refractivity contribution in [3.8, 4) is 11.6 Å². The first-order chi connectivity index (χ1) is 12.0. The van der Waals surface area contributed by atoms with Gasteiger partial charge in [-0.2, -0.15) is 5.10 Å². The first-order valence-electron chi connectivity index (χ1n) is 8.01. The minimum absolute atomic E-state index is 0.0191. The van der Waals surface area contributed by atoms with Gasteiger partial charge in [-0.1, -0.05) is 18.2 Å². The van der Waals surface area contributed by atoms with Gasteiger partial charge in [0.05, 0.1) is 37.7 Å². The number of ether oxygens (including phenoxy) is 1. The Morgan fingerprint density at radius 3 is 2.60 bits per heavy atom. The van der Waals surface area contributed by atoms with Gasteiger partial charge in [-0.15, -0.1) is 0 Å². The SMILES string of the molecule is C/C(=N\N1CCOCC1)c1c(O)n(-c2ccccc2C)c(=O)[nH]c1=O. The number of aromatic amines is 1. The fraction of sp³-hybridized carbons (Fsp3) is 0.353. The molecule has 8 nitrogen and oxygen atoms in total. The molecule has 0 atom stereocenters. The summed E-state index contributed by atoms with van der Waals surface area (Å²) in [5.41, 5.74) is 0.251. The van der Waals surface area contributed by atoms with Gasteiger partial charge in [-0.25, -0.2) is 9.36 Å². The highest BCUT2D eigenvalue weighted by Gasteiger charge is 2.20. The molecule has 1 aromatic heterocycles. The molecule has 0 saturated carbocycles. The smallest absolute Gasteiger partial charge is 0.335 e. The lowest BCUT2D eigenvalue weighted by molar-refractivity contribution is 0.0393. The van der Waals surface area contributed by atoms with Crippen molar-refractivity contribution < 1.29 is 9.84 Å². The van der Waals surface area contributed by atoms with E-state index in [0.29, 0.717) is 37.7 Å². The van der Waals surface area contributed by atoms with Gasteiger partial charge in [-0.3, -0.25) is 14.8 Å². The molecule has 0 aliphatic carbocycles. The number of H-pyrrole nitrogens is 1. The van der Waals surface area contributed by atoms with E-state index in [4.69, 9.17) is 4.74 Å². The molecular formula is C17H20N4O4.